The van der Waals surface area contributed by atoms with Gasteiger partial charge in [-0.25, -0.2) is 0 Å². The van der Waals surface area contributed by atoms with Crippen molar-refractivity contribution in [3.8, 4) is 0 Å². The number of hydrogen-bond acceptors (Lipinski definition) is 1. The summed E-state index contributed by atoms with van der Waals surface area (Å²) in [5, 5.41) is 11.4. The number of aliphatic hydroxyl groups excluding tert-OH is 1. The summed E-state index contributed by atoms with van der Waals surface area (Å²) in [4.78, 5) is 0. The number of aliphatic hydroxyl groups is 1. The fourth-order valence-electron chi connectivity index (χ4n) is 4.68. The Morgan fingerprint density at radius 2 is 1.85 bits per heavy atom. The molecule has 0 radical (unpaired) electrons. The van der Waals surface area contributed by atoms with E-state index in [4.69, 9.17) is 0 Å². The molecule has 0 spiro atoms. The van der Waals surface area contributed by atoms with Crippen molar-refractivity contribution in [1.82, 2.24) is 0 Å². The molecule has 20 heavy (non-hydrogen) atoms. The van der Waals surface area contributed by atoms with Crippen LogP contribution in [0.3, 0.4) is 0 Å². The van der Waals surface area contributed by atoms with Crippen LogP contribution in [0.25, 0.3) is 0 Å². The van der Waals surface area contributed by atoms with Gasteiger partial charge in [0.05, 0.1) is 6.26 Å². The number of benzene rings is 1. The first kappa shape index (κ1) is 14.5. The van der Waals surface area contributed by atoms with Crippen molar-refractivity contribution in [3.63, 3.8) is 0 Å². The molecule has 0 aliphatic heterocycles. The van der Waals surface area contributed by atoms with Crippen LogP contribution >= 0.6 is 0 Å². The van der Waals surface area contributed by atoms with E-state index >= 15 is 0 Å². The van der Waals surface area contributed by atoms with Gasteiger partial charge in [-0.05, 0) is 29.2 Å². The van der Waals surface area contributed by atoms with Crippen molar-refractivity contribution in [2.45, 2.75) is 50.7 Å². The molecule has 110 valence electrons. The number of hydrogen-bond donors (Lipinski definition) is 1. The van der Waals surface area contributed by atoms with Crippen LogP contribution in [0, 0.1) is 16.7 Å². The Labute approximate surface area is 126 Å². The van der Waals surface area contributed by atoms with Crippen molar-refractivity contribution in [2.75, 3.05) is 6.26 Å². The first-order valence-electron chi connectivity index (χ1n) is 7.71. The molecule has 3 rings (SSSR count). The molecule has 1 N–H and O–H groups in total. The molecule has 0 aromatic heterocycles. The average molecular weight is 291 g/mol. The third kappa shape index (κ3) is 1.88. The topological polar surface area (TPSA) is 20.2 Å². The second-order valence-electron chi connectivity index (χ2n) is 7.51. The van der Waals surface area contributed by atoms with E-state index in [-0.39, 0.29) is 27.8 Å². The molecule has 1 aromatic carbocycles. The minimum Gasteiger partial charge on any atom is -0.387 e. The number of fused-ring (bicyclic) bond motifs is 2. The lowest BCUT2D eigenvalue weighted by Gasteiger charge is -2.36. The van der Waals surface area contributed by atoms with Crippen molar-refractivity contribution < 1.29 is 5.11 Å². The van der Waals surface area contributed by atoms with Gasteiger partial charge >= 0.3 is 0 Å². The first-order chi connectivity index (χ1) is 9.38. The molecule has 0 saturated heterocycles. The molecule has 2 aliphatic carbocycles. The molecule has 1 nitrogen and oxygen atoms in total. The van der Waals surface area contributed by atoms with Gasteiger partial charge in [-0.15, -0.1) is 0 Å². The maximum atomic E-state index is 10.9. The quantitative estimate of drug-likeness (QED) is 0.843. The van der Waals surface area contributed by atoms with Gasteiger partial charge in [0.25, 0.3) is 0 Å². The van der Waals surface area contributed by atoms with Gasteiger partial charge in [0.15, 0.2) is 0 Å². The summed E-state index contributed by atoms with van der Waals surface area (Å²) in [6, 6.07) is 10.8. The van der Waals surface area contributed by atoms with E-state index in [1.54, 1.807) is 0 Å². The average Bonchev–Trinajstić information content (AvgIpc) is 2.72. The Morgan fingerprint density at radius 3 is 2.40 bits per heavy atom. The van der Waals surface area contributed by atoms with Gasteiger partial charge in [-0.3, -0.25) is 0 Å². The third-order valence-corrected chi connectivity index (χ3v) is 8.74. The molecule has 0 amide bonds. The highest BCUT2D eigenvalue weighted by molar-refractivity contribution is 7.96. The van der Waals surface area contributed by atoms with Crippen molar-refractivity contribution >= 4 is 10.9 Å². The minimum absolute atomic E-state index is 0.117. The summed E-state index contributed by atoms with van der Waals surface area (Å²) in [5.41, 5.74) is 1.83. The van der Waals surface area contributed by atoms with E-state index in [0.29, 0.717) is 11.2 Å². The Morgan fingerprint density at radius 1 is 1.20 bits per heavy atom. The first-order valence-corrected chi connectivity index (χ1v) is 9.58. The fourth-order valence-corrected chi connectivity index (χ4v) is 7.37. The zero-order valence-corrected chi connectivity index (χ0v) is 13.9. The van der Waals surface area contributed by atoms with Crippen molar-refractivity contribution in [3.05, 3.63) is 35.9 Å². The van der Waals surface area contributed by atoms with E-state index in [9.17, 15) is 5.11 Å². The summed E-state index contributed by atoms with van der Waals surface area (Å²) >= 11 is 0. The summed E-state index contributed by atoms with van der Waals surface area (Å²) in [5.74, 6) is 1.81. The molecule has 1 unspecified atom stereocenters. The third-order valence-electron chi connectivity index (χ3n) is 6.44. The maximum Gasteiger partial charge on any atom is 0.147 e. The van der Waals surface area contributed by atoms with Crippen LogP contribution < -0.4 is 0 Å². The Hall–Kier alpha value is -0.470. The van der Waals surface area contributed by atoms with Crippen LogP contribution in [0.15, 0.2) is 30.3 Å². The molecular formula is C18H27OS+. The van der Waals surface area contributed by atoms with Crippen LogP contribution in [-0.4, -0.2) is 22.7 Å². The fraction of sp³-hybridized carbons (Fsp3) is 0.667. The predicted molar refractivity (Wildman–Crippen MR) is 87.8 cm³/mol. The molecule has 0 heterocycles. The predicted octanol–water partition coefficient (Wildman–Crippen LogP) is 3.62. The smallest absolute Gasteiger partial charge is 0.147 e. The Balaban J connectivity index is 1.82. The van der Waals surface area contributed by atoms with Gasteiger partial charge in [-0.1, -0.05) is 51.1 Å². The number of rotatable bonds is 3. The minimum atomic E-state index is -0.117. The van der Waals surface area contributed by atoms with E-state index in [0.717, 1.165) is 5.75 Å². The highest BCUT2D eigenvalue weighted by Crippen LogP contribution is 2.66. The van der Waals surface area contributed by atoms with Gasteiger partial charge in [0.1, 0.15) is 17.1 Å². The van der Waals surface area contributed by atoms with Crippen LogP contribution in [0.5, 0.6) is 0 Å². The van der Waals surface area contributed by atoms with Crippen molar-refractivity contribution in [1.29, 1.82) is 0 Å². The second-order valence-corrected chi connectivity index (χ2v) is 9.73. The van der Waals surface area contributed by atoms with Gasteiger partial charge in [-0.2, -0.15) is 0 Å². The highest BCUT2D eigenvalue weighted by Gasteiger charge is 2.69. The van der Waals surface area contributed by atoms with Gasteiger partial charge in [0.2, 0.25) is 0 Å². The normalized spacial score (nSPS) is 40.0. The van der Waals surface area contributed by atoms with Crippen LogP contribution in [0.4, 0.5) is 0 Å². The zero-order chi connectivity index (χ0) is 14.5. The highest BCUT2D eigenvalue weighted by atomic mass is 32.2. The molecular weight excluding hydrogens is 264 g/mol. The van der Waals surface area contributed by atoms with Crippen LogP contribution in [0.1, 0.15) is 39.2 Å². The van der Waals surface area contributed by atoms with Gasteiger partial charge in [0, 0.05) is 16.9 Å². The van der Waals surface area contributed by atoms with Gasteiger partial charge < -0.3 is 5.11 Å². The van der Waals surface area contributed by atoms with E-state index in [2.05, 4.69) is 57.4 Å². The molecule has 2 heteroatoms. The monoisotopic (exact) mass is 291 g/mol. The molecule has 2 bridgehead atoms. The lowest BCUT2D eigenvalue weighted by Crippen LogP contribution is -2.43. The largest absolute Gasteiger partial charge is 0.387 e. The van der Waals surface area contributed by atoms with E-state index < -0.39 is 0 Å². The zero-order valence-electron chi connectivity index (χ0n) is 13.1. The Kier molecular flexibility index (Phi) is 3.45. The SMILES string of the molecule is C[S+](Cc1ccccc1)[C@H]1[C@H]2CC[C@@](C)([C@H]1O)C2(C)C. The van der Waals surface area contributed by atoms with E-state index in [1.807, 2.05) is 0 Å². The molecule has 2 aliphatic rings. The molecule has 5 atom stereocenters. The second kappa shape index (κ2) is 4.78. The standard InChI is InChI=1S/C18H27OS/c1-17(2)14-10-11-18(17,3)16(19)15(14)20(4)12-13-8-6-5-7-9-13/h5-9,14-16,19H,10-12H2,1-4H3/q+1/t14-,15+,16+,18+,20?/m1/s1. The maximum absolute atomic E-state index is 10.9. The molecule has 2 saturated carbocycles. The summed E-state index contributed by atoms with van der Waals surface area (Å²) in [7, 11) is 0.252. The summed E-state index contributed by atoms with van der Waals surface area (Å²) in [6.45, 7) is 7.08. The molecule has 2 fully saturated rings. The van der Waals surface area contributed by atoms with Crippen LogP contribution in [-0.2, 0) is 16.6 Å². The lowest BCUT2D eigenvalue weighted by molar-refractivity contribution is 0.0145. The molecule has 1 aromatic rings. The Bertz CT molecular complexity index is 483. The summed E-state index contributed by atoms with van der Waals surface area (Å²) in [6.07, 6.45) is 4.75. The van der Waals surface area contributed by atoms with Crippen molar-refractivity contribution in [2.24, 2.45) is 16.7 Å². The van der Waals surface area contributed by atoms with E-state index in [1.165, 1.54) is 18.4 Å². The van der Waals surface area contributed by atoms with Crippen LogP contribution in [0.2, 0.25) is 0 Å². The summed E-state index contributed by atoms with van der Waals surface area (Å²) < 4.78 is 0. The lowest BCUT2D eigenvalue weighted by atomic mass is 9.70.